The number of β-amino-alcohol motifs (C(OH)–C–C–N with tert-alkyl or cyclic N) is 1. The molecular formula is C23H28N4O2. The van der Waals surface area contributed by atoms with E-state index in [1.54, 1.807) is 9.58 Å². The largest absolute Gasteiger partial charge is 0.391 e. The Morgan fingerprint density at radius 1 is 1.21 bits per heavy atom. The van der Waals surface area contributed by atoms with Crippen molar-refractivity contribution >= 4 is 16.8 Å². The predicted octanol–water partition coefficient (Wildman–Crippen LogP) is 2.67. The van der Waals surface area contributed by atoms with E-state index in [2.05, 4.69) is 23.1 Å². The average molecular weight is 393 g/mol. The number of amides is 1. The summed E-state index contributed by atoms with van der Waals surface area (Å²) in [4.78, 5) is 19.1. The molecule has 6 nitrogen and oxygen atoms in total. The van der Waals surface area contributed by atoms with Crippen molar-refractivity contribution in [3.05, 3.63) is 59.0 Å². The van der Waals surface area contributed by atoms with Crippen LogP contribution in [0.1, 0.15) is 29.4 Å². The Balaban J connectivity index is 1.46. The number of aryl methyl sites for hydroxylation is 1. The maximum Gasteiger partial charge on any atom is 0.244 e. The Morgan fingerprint density at radius 2 is 2.00 bits per heavy atom. The number of hydrogen-bond donors (Lipinski definition) is 1. The molecule has 4 rings (SSSR count). The first kappa shape index (κ1) is 19.6. The normalized spacial score (nSPS) is 19.2. The van der Waals surface area contributed by atoms with Crippen LogP contribution in [0.3, 0.4) is 0 Å². The number of aromatic nitrogens is 3. The molecule has 0 bridgehead atoms. The summed E-state index contributed by atoms with van der Waals surface area (Å²) >= 11 is 0. The van der Waals surface area contributed by atoms with Crippen molar-refractivity contribution in [2.75, 3.05) is 13.1 Å². The van der Waals surface area contributed by atoms with Crippen molar-refractivity contribution in [2.45, 2.75) is 46.3 Å². The van der Waals surface area contributed by atoms with Crippen molar-refractivity contribution in [3.63, 3.8) is 0 Å². The molecule has 1 aliphatic heterocycles. The first-order chi connectivity index (χ1) is 14.0. The van der Waals surface area contributed by atoms with Gasteiger partial charge in [-0.15, -0.1) is 0 Å². The smallest absolute Gasteiger partial charge is 0.244 e. The van der Waals surface area contributed by atoms with E-state index in [4.69, 9.17) is 0 Å². The molecule has 1 saturated heterocycles. The van der Waals surface area contributed by atoms with Crippen LogP contribution >= 0.6 is 0 Å². The number of benzene rings is 1. The molecule has 3 aromatic rings. The number of para-hydroxylation sites is 1. The maximum absolute atomic E-state index is 12.9. The van der Waals surface area contributed by atoms with Gasteiger partial charge in [-0.2, -0.15) is 5.10 Å². The van der Waals surface area contributed by atoms with Gasteiger partial charge in [-0.1, -0.05) is 25.1 Å². The van der Waals surface area contributed by atoms with Crippen LogP contribution in [0, 0.1) is 19.8 Å². The van der Waals surface area contributed by atoms with E-state index in [0.717, 1.165) is 35.1 Å². The highest BCUT2D eigenvalue weighted by atomic mass is 16.3. The number of carbonyl (C=O) groups excluding carboxylic acids is 1. The van der Waals surface area contributed by atoms with Gasteiger partial charge in [0.25, 0.3) is 0 Å². The molecule has 1 aromatic carbocycles. The molecule has 2 atom stereocenters. The molecule has 152 valence electrons. The molecule has 1 fully saturated rings. The zero-order valence-electron chi connectivity index (χ0n) is 17.3. The van der Waals surface area contributed by atoms with Gasteiger partial charge in [0.15, 0.2) is 0 Å². The third-order valence-electron chi connectivity index (χ3n) is 6.15. The quantitative estimate of drug-likeness (QED) is 0.725. The van der Waals surface area contributed by atoms with Crippen LogP contribution in [-0.2, 0) is 24.2 Å². The van der Waals surface area contributed by atoms with Crippen molar-refractivity contribution in [3.8, 4) is 0 Å². The summed E-state index contributed by atoms with van der Waals surface area (Å²) in [5.41, 5.74) is 5.38. The van der Waals surface area contributed by atoms with Crippen LogP contribution in [0.5, 0.6) is 0 Å². The lowest BCUT2D eigenvalue weighted by molar-refractivity contribution is -0.131. The Bertz CT molecular complexity index is 1040. The number of rotatable bonds is 5. The minimum Gasteiger partial charge on any atom is -0.391 e. The Morgan fingerprint density at radius 3 is 2.76 bits per heavy atom. The topological polar surface area (TPSA) is 71.2 Å². The fourth-order valence-electron chi connectivity index (χ4n) is 4.50. The van der Waals surface area contributed by atoms with Crippen LogP contribution in [0.4, 0.5) is 0 Å². The number of nitrogens with zero attached hydrogens (tertiary/aromatic N) is 4. The number of aliphatic hydroxyl groups is 1. The van der Waals surface area contributed by atoms with Crippen molar-refractivity contribution in [1.29, 1.82) is 0 Å². The highest BCUT2D eigenvalue weighted by molar-refractivity contribution is 5.82. The predicted molar refractivity (Wildman–Crippen MR) is 113 cm³/mol. The molecule has 1 amide bonds. The van der Waals surface area contributed by atoms with Crippen LogP contribution < -0.4 is 0 Å². The fraction of sp³-hybridized carbons (Fsp3) is 0.435. The molecule has 1 N–H and O–H groups in total. The van der Waals surface area contributed by atoms with Gasteiger partial charge in [-0.05, 0) is 49.9 Å². The summed E-state index contributed by atoms with van der Waals surface area (Å²) < 4.78 is 1.80. The lowest BCUT2D eigenvalue weighted by atomic mass is 9.94. The summed E-state index contributed by atoms with van der Waals surface area (Å²) in [6.45, 7) is 7.28. The minimum atomic E-state index is -0.516. The number of fused-ring (bicyclic) bond motifs is 1. The second-order valence-corrected chi connectivity index (χ2v) is 7.98. The molecule has 0 radical (unpaired) electrons. The van der Waals surface area contributed by atoms with E-state index in [0.29, 0.717) is 13.1 Å². The van der Waals surface area contributed by atoms with Gasteiger partial charge < -0.3 is 10.0 Å². The van der Waals surface area contributed by atoms with E-state index in [9.17, 15) is 9.90 Å². The maximum atomic E-state index is 12.9. The standard InChI is InChI=1S/C23H28N4O2/c1-4-19-15(2)25-27(16(19)3)14-23(29)26-12-18(22(28)13-26)11-17-9-10-24-21-8-6-5-7-20(17)21/h5-10,18,22,28H,4,11-14H2,1-3H3. The fourth-order valence-corrected chi connectivity index (χ4v) is 4.50. The number of likely N-dealkylation sites (tertiary alicyclic amines) is 1. The molecule has 29 heavy (non-hydrogen) atoms. The van der Waals surface area contributed by atoms with Gasteiger partial charge >= 0.3 is 0 Å². The molecule has 0 spiro atoms. The summed E-state index contributed by atoms with van der Waals surface area (Å²) in [7, 11) is 0. The third-order valence-corrected chi connectivity index (χ3v) is 6.15. The van der Waals surface area contributed by atoms with Crippen LogP contribution in [0.2, 0.25) is 0 Å². The zero-order chi connectivity index (χ0) is 20.5. The van der Waals surface area contributed by atoms with E-state index in [-0.39, 0.29) is 18.4 Å². The highest BCUT2D eigenvalue weighted by Gasteiger charge is 2.34. The summed E-state index contributed by atoms with van der Waals surface area (Å²) in [6.07, 6.45) is 2.94. The van der Waals surface area contributed by atoms with Crippen molar-refractivity contribution in [2.24, 2.45) is 5.92 Å². The Kier molecular flexibility index (Phi) is 5.37. The number of carbonyl (C=O) groups is 1. The van der Waals surface area contributed by atoms with Crippen LogP contribution in [0.15, 0.2) is 36.5 Å². The molecule has 2 unspecified atom stereocenters. The SMILES string of the molecule is CCc1c(C)nn(CC(=O)N2CC(O)C(Cc3ccnc4ccccc34)C2)c1C. The van der Waals surface area contributed by atoms with Gasteiger partial charge in [0, 0.05) is 36.3 Å². The van der Waals surface area contributed by atoms with E-state index in [1.807, 2.05) is 44.3 Å². The average Bonchev–Trinajstić information content (AvgIpc) is 3.21. The zero-order valence-corrected chi connectivity index (χ0v) is 17.3. The van der Waals surface area contributed by atoms with Gasteiger partial charge in [0.05, 0.1) is 17.3 Å². The second-order valence-electron chi connectivity index (χ2n) is 7.98. The first-order valence-corrected chi connectivity index (χ1v) is 10.3. The molecular weight excluding hydrogens is 364 g/mol. The Labute approximate surface area is 171 Å². The van der Waals surface area contributed by atoms with Crippen LogP contribution in [0.25, 0.3) is 10.9 Å². The first-order valence-electron chi connectivity index (χ1n) is 10.3. The van der Waals surface area contributed by atoms with E-state index < -0.39 is 6.10 Å². The third kappa shape index (κ3) is 3.77. The van der Waals surface area contributed by atoms with Crippen LogP contribution in [-0.4, -0.2) is 49.9 Å². The van der Waals surface area contributed by atoms with Gasteiger partial charge in [0.1, 0.15) is 6.54 Å². The highest BCUT2D eigenvalue weighted by Crippen LogP contribution is 2.26. The van der Waals surface area contributed by atoms with Crippen molar-refractivity contribution < 1.29 is 9.90 Å². The lowest BCUT2D eigenvalue weighted by Crippen LogP contribution is -2.33. The number of hydrogen-bond acceptors (Lipinski definition) is 4. The molecule has 0 saturated carbocycles. The lowest BCUT2D eigenvalue weighted by Gasteiger charge is -2.17. The molecule has 3 heterocycles. The van der Waals surface area contributed by atoms with Crippen molar-refractivity contribution in [1.82, 2.24) is 19.7 Å². The van der Waals surface area contributed by atoms with Gasteiger partial charge in [-0.3, -0.25) is 14.5 Å². The van der Waals surface area contributed by atoms with Gasteiger partial charge in [0.2, 0.25) is 5.91 Å². The van der Waals surface area contributed by atoms with Gasteiger partial charge in [-0.25, -0.2) is 0 Å². The molecule has 0 aliphatic carbocycles. The Hall–Kier alpha value is -2.73. The molecule has 6 heteroatoms. The second kappa shape index (κ2) is 7.95. The van der Waals surface area contributed by atoms with E-state index in [1.165, 1.54) is 11.1 Å². The number of pyridine rings is 1. The molecule has 1 aliphatic rings. The number of aliphatic hydroxyl groups excluding tert-OH is 1. The van der Waals surface area contributed by atoms with E-state index >= 15 is 0 Å². The summed E-state index contributed by atoms with van der Waals surface area (Å²) in [5, 5.41) is 16.3. The molecule has 2 aromatic heterocycles. The summed E-state index contributed by atoms with van der Waals surface area (Å²) in [5.74, 6) is 0.0378. The summed E-state index contributed by atoms with van der Waals surface area (Å²) in [6, 6.07) is 10.1. The monoisotopic (exact) mass is 392 g/mol. The minimum absolute atomic E-state index is 0.0133.